The Morgan fingerprint density at radius 3 is 2.89 bits per heavy atom. The van der Waals surface area contributed by atoms with Crippen molar-refractivity contribution < 1.29 is 22.7 Å². The average molecular weight is 402 g/mol. The van der Waals surface area contributed by atoms with E-state index in [0.717, 1.165) is 5.69 Å². The summed E-state index contributed by atoms with van der Waals surface area (Å²) in [5.41, 5.74) is 3.10. The standard InChI is InChI=1S/C17H21F3N4O2S/c1-24(11-17(18,19)20)7-3-6-21-16(25)23-13-4-2-5-15(8-13)26-9-14-10-27-12-22-14/h2,4-5,8,10,12H,3,6-7,9,11H2,1H3,(H2,21,23,25). The molecule has 0 saturated heterocycles. The van der Waals surface area contributed by atoms with Gasteiger partial charge >= 0.3 is 12.2 Å². The topological polar surface area (TPSA) is 66.5 Å². The number of alkyl halides is 3. The number of carbonyl (C=O) groups excluding carboxylic acids is 1. The number of nitrogens with one attached hydrogen (secondary N) is 2. The van der Waals surface area contributed by atoms with Gasteiger partial charge in [-0.05, 0) is 32.1 Å². The smallest absolute Gasteiger partial charge is 0.401 e. The summed E-state index contributed by atoms with van der Waals surface area (Å²) in [5.74, 6) is 0.592. The lowest BCUT2D eigenvalue weighted by atomic mass is 10.3. The van der Waals surface area contributed by atoms with Crippen LogP contribution >= 0.6 is 11.3 Å². The Kier molecular flexibility index (Phi) is 7.86. The van der Waals surface area contributed by atoms with Gasteiger partial charge in [0.05, 0.1) is 17.7 Å². The molecule has 0 fully saturated rings. The van der Waals surface area contributed by atoms with Crippen LogP contribution in [0.3, 0.4) is 0 Å². The average Bonchev–Trinajstić information content (AvgIpc) is 3.09. The minimum atomic E-state index is -4.22. The van der Waals surface area contributed by atoms with Crippen molar-refractivity contribution in [1.29, 1.82) is 0 Å². The molecular weight excluding hydrogens is 381 g/mol. The summed E-state index contributed by atoms with van der Waals surface area (Å²) in [7, 11) is 1.39. The first kappa shape index (κ1) is 21.0. The number of hydrogen-bond donors (Lipinski definition) is 2. The zero-order chi connectivity index (χ0) is 19.7. The van der Waals surface area contributed by atoms with E-state index in [-0.39, 0.29) is 13.1 Å². The molecule has 10 heteroatoms. The predicted octanol–water partition coefficient (Wildman–Crippen LogP) is 3.73. The van der Waals surface area contributed by atoms with Gasteiger partial charge in [0.1, 0.15) is 12.4 Å². The molecule has 0 unspecified atom stereocenters. The van der Waals surface area contributed by atoms with Crippen LogP contribution in [0.2, 0.25) is 0 Å². The van der Waals surface area contributed by atoms with Gasteiger partial charge in [0.15, 0.2) is 0 Å². The summed E-state index contributed by atoms with van der Waals surface area (Å²) in [6, 6.07) is 6.49. The molecule has 0 saturated carbocycles. The van der Waals surface area contributed by atoms with E-state index in [4.69, 9.17) is 4.74 Å². The highest BCUT2D eigenvalue weighted by Gasteiger charge is 2.28. The van der Waals surface area contributed by atoms with Gasteiger partial charge in [0.25, 0.3) is 0 Å². The van der Waals surface area contributed by atoms with E-state index in [1.165, 1.54) is 23.3 Å². The van der Waals surface area contributed by atoms with E-state index in [1.807, 2.05) is 5.38 Å². The number of amides is 2. The molecule has 148 valence electrons. The second-order valence-corrected chi connectivity index (χ2v) is 6.60. The number of thiazole rings is 1. The third-order valence-electron chi connectivity index (χ3n) is 3.41. The molecule has 1 aromatic carbocycles. The molecule has 0 atom stereocenters. The number of hydrogen-bond acceptors (Lipinski definition) is 5. The number of aromatic nitrogens is 1. The highest BCUT2D eigenvalue weighted by molar-refractivity contribution is 7.07. The number of urea groups is 1. The molecule has 0 aliphatic carbocycles. The van der Waals surface area contributed by atoms with Gasteiger partial charge in [-0.3, -0.25) is 4.90 Å². The largest absolute Gasteiger partial charge is 0.487 e. The van der Waals surface area contributed by atoms with Gasteiger partial charge in [0.2, 0.25) is 0 Å². The summed E-state index contributed by atoms with van der Waals surface area (Å²) in [5, 5.41) is 7.17. The van der Waals surface area contributed by atoms with E-state index >= 15 is 0 Å². The third-order valence-corrected chi connectivity index (χ3v) is 4.05. The second-order valence-electron chi connectivity index (χ2n) is 5.88. The van der Waals surface area contributed by atoms with Crippen molar-refractivity contribution in [2.45, 2.75) is 19.2 Å². The SMILES string of the molecule is CN(CCCNC(=O)Nc1cccc(OCc2cscn2)c1)CC(F)(F)F. The number of carbonyl (C=O) groups is 1. The fourth-order valence-electron chi connectivity index (χ4n) is 2.24. The van der Waals surface area contributed by atoms with Crippen molar-refractivity contribution in [2.24, 2.45) is 0 Å². The zero-order valence-corrected chi connectivity index (χ0v) is 15.6. The molecule has 0 bridgehead atoms. The van der Waals surface area contributed by atoms with Gasteiger partial charge in [-0.15, -0.1) is 11.3 Å². The van der Waals surface area contributed by atoms with E-state index in [1.54, 1.807) is 29.8 Å². The van der Waals surface area contributed by atoms with Gasteiger partial charge in [0, 0.05) is 23.7 Å². The van der Waals surface area contributed by atoms with Crippen LogP contribution in [0, 0.1) is 0 Å². The first-order chi connectivity index (χ1) is 12.8. The van der Waals surface area contributed by atoms with Gasteiger partial charge in [-0.2, -0.15) is 13.2 Å². The monoisotopic (exact) mass is 402 g/mol. The van der Waals surface area contributed by atoms with E-state index in [2.05, 4.69) is 15.6 Å². The lowest BCUT2D eigenvalue weighted by Crippen LogP contribution is -2.34. The van der Waals surface area contributed by atoms with Crippen LogP contribution < -0.4 is 15.4 Å². The molecule has 2 N–H and O–H groups in total. The number of nitrogens with zero attached hydrogens (tertiary/aromatic N) is 2. The molecule has 2 aromatic rings. The van der Waals surface area contributed by atoms with E-state index < -0.39 is 18.8 Å². The summed E-state index contributed by atoms with van der Waals surface area (Å²) in [6.07, 6.45) is -3.80. The van der Waals surface area contributed by atoms with Crippen LogP contribution in [0.4, 0.5) is 23.7 Å². The molecule has 1 aromatic heterocycles. The van der Waals surface area contributed by atoms with Crippen molar-refractivity contribution in [2.75, 3.05) is 32.0 Å². The summed E-state index contributed by atoms with van der Waals surface area (Å²) < 4.78 is 42.3. The minimum Gasteiger partial charge on any atom is -0.487 e. The molecule has 27 heavy (non-hydrogen) atoms. The molecule has 0 radical (unpaired) electrons. The lowest BCUT2D eigenvalue weighted by Gasteiger charge is -2.18. The second kappa shape index (κ2) is 10.1. The third kappa shape index (κ3) is 8.74. The molecule has 2 amide bonds. The van der Waals surface area contributed by atoms with Crippen LogP contribution in [0.15, 0.2) is 35.2 Å². The Morgan fingerprint density at radius 2 is 2.19 bits per heavy atom. The molecule has 2 rings (SSSR count). The fraction of sp³-hybridized carbons (Fsp3) is 0.412. The van der Waals surface area contributed by atoms with Crippen molar-refractivity contribution in [1.82, 2.24) is 15.2 Å². The van der Waals surface area contributed by atoms with Crippen molar-refractivity contribution in [3.8, 4) is 5.75 Å². The molecule has 0 aliphatic heterocycles. The summed E-state index contributed by atoms with van der Waals surface area (Å²) in [6.45, 7) is -0.120. The Bertz CT molecular complexity index is 710. The first-order valence-electron chi connectivity index (χ1n) is 8.22. The van der Waals surface area contributed by atoms with E-state index in [9.17, 15) is 18.0 Å². The fourth-order valence-corrected chi connectivity index (χ4v) is 2.78. The number of ether oxygens (including phenoxy) is 1. The van der Waals surface area contributed by atoms with Gasteiger partial charge < -0.3 is 15.4 Å². The van der Waals surface area contributed by atoms with Gasteiger partial charge in [-0.25, -0.2) is 9.78 Å². The van der Waals surface area contributed by atoms with Crippen molar-refractivity contribution >= 4 is 23.1 Å². The number of rotatable bonds is 9. The van der Waals surface area contributed by atoms with Gasteiger partial charge in [-0.1, -0.05) is 6.07 Å². The van der Waals surface area contributed by atoms with Crippen LogP contribution in [-0.2, 0) is 6.61 Å². The Morgan fingerprint density at radius 1 is 1.37 bits per heavy atom. The van der Waals surface area contributed by atoms with Crippen LogP contribution in [-0.4, -0.2) is 48.8 Å². The molecule has 6 nitrogen and oxygen atoms in total. The highest BCUT2D eigenvalue weighted by atomic mass is 32.1. The normalized spacial score (nSPS) is 11.4. The minimum absolute atomic E-state index is 0.236. The Hall–Kier alpha value is -2.33. The quantitative estimate of drug-likeness (QED) is 0.628. The maximum atomic E-state index is 12.2. The Labute approximate surface area is 159 Å². The van der Waals surface area contributed by atoms with Crippen molar-refractivity contribution in [3.63, 3.8) is 0 Å². The van der Waals surface area contributed by atoms with Crippen LogP contribution in [0.25, 0.3) is 0 Å². The van der Waals surface area contributed by atoms with Crippen LogP contribution in [0.5, 0.6) is 5.75 Å². The lowest BCUT2D eigenvalue weighted by molar-refractivity contribution is -0.143. The maximum Gasteiger partial charge on any atom is 0.401 e. The molecule has 0 aliphatic rings. The number of halogens is 3. The summed E-state index contributed by atoms with van der Waals surface area (Å²) in [4.78, 5) is 17.2. The molecule has 1 heterocycles. The van der Waals surface area contributed by atoms with Crippen LogP contribution in [0.1, 0.15) is 12.1 Å². The molecular formula is C17H21F3N4O2S. The maximum absolute atomic E-state index is 12.2. The highest BCUT2D eigenvalue weighted by Crippen LogP contribution is 2.18. The number of anilines is 1. The van der Waals surface area contributed by atoms with E-state index in [0.29, 0.717) is 24.5 Å². The predicted molar refractivity (Wildman–Crippen MR) is 98.1 cm³/mol. The number of benzene rings is 1. The summed E-state index contributed by atoms with van der Waals surface area (Å²) >= 11 is 1.48. The van der Waals surface area contributed by atoms with Crippen molar-refractivity contribution in [3.05, 3.63) is 40.8 Å². The zero-order valence-electron chi connectivity index (χ0n) is 14.8. The molecule has 0 spiro atoms. The Balaban J connectivity index is 1.68. The first-order valence-corrected chi connectivity index (χ1v) is 9.16.